The molecule has 2 rings (SSSR count). The van der Waals surface area contributed by atoms with Crippen molar-refractivity contribution in [1.29, 1.82) is 0 Å². The zero-order valence-electron chi connectivity index (χ0n) is 12.1. The number of nitrogens with zero attached hydrogens (tertiary/aromatic N) is 2. The molecular formula is C15H13F5N2O. The fraction of sp³-hybridized carbons (Fsp3) is 0.267. The Morgan fingerprint density at radius 1 is 0.957 bits per heavy atom. The normalized spacial score (nSPS) is 10.7. The molecule has 0 atom stereocenters. The second-order valence-corrected chi connectivity index (χ2v) is 4.75. The molecule has 124 valence electrons. The first-order valence-electron chi connectivity index (χ1n) is 6.69. The Kier molecular flexibility index (Phi) is 5.36. The predicted octanol–water partition coefficient (Wildman–Crippen LogP) is 3.68. The van der Waals surface area contributed by atoms with Gasteiger partial charge in [0.25, 0.3) is 11.9 Å². The first kappa shape index (κ1) is 17.0. The van der Waals surface area contributed by atoms with Gasteiger partial charge in [0, 0.05) is 13.6 Å². The molecule has 1 heterocycles. The van der Waals surface area contributed by atoms with Gasteiger partial charge in [-0.1, -0.05) is 0 Å². The highest BCUT2D eigenvalue weighted by Crippen LogP contribution is 2.25. The van der Waals surface area contributed by atoms with Gasteiger partial charge < -0.3 is 9.64 Å². The summed E-state index contributed by atoms with van der Waals surface area (Å²) in [5.41, 5.74) is -0.822. The maximum absolute atomic E-state index is 13.6. The maximum Gasteiger partial charge on any atom is 0.253 e. The number of hydrogen-bond donors (Lipinski definition) is 0. The molecule has 0 unspecified atom stereocenters. The Labute approximate surface area is 129 Å². The van der Waals surface area contributed by atoms with E-state index in [1.54, 1.807) is 0 Å². The van der Waals surface area contributed by atoms with Gasteiger partial charge in [0.2, 0.25) is 11.6 Å². The van der Waals surface area contributed by atoms with Crippen LogP contribution in [0, 0.1) is 29.3 Å². The highest BCUT2D eigenvalue weighted by atomic mass is 19.2. The van der Waals surface area contributed by atoms with Crippen LogP contribution in [0.1, 0.15) is 6.42 Å². The van der Waals surface area contributed by atoms with E-state index in [1.807, 2.05) is 0 Å². The van der Waals surface area contributed by atoms with Crippen LogP contribution in [0.5, 0.6) is 5.75 Å². The Morgan fingerprint density at radius 2 is 1.52 bits per heavy atom. The molecule has 1 aromatic carbocycles. The van der Waals surface area contributed by atoms with Crippen LogP contribution >= 0.6 is 0 Å². The fourth-order valence-corrected chi connectivity index (χ4v) is 1.95. The van der Waals surface area contributed by atoms with Crippen molar-refractivity contribution in [2.24, 2.45) is 0 Å². The van der Waals surface area contributed by atoms with Crippen molar-refractivity contribution in [2.75, 3.05) is 25.1 Å². The third-order valence-corrected chi connectivity index (χ3v) is 3.08. The quantitative estimate of drug-likeness (QED) is 0.458. The first-order chi connectivity index (χ1) is 10.9. The van der Waals surface area contributed by atoms with Crippen LogP contribution < -0.4 is 9.64 Å². The zero-order valence-corrected chi connectivity index (χ0v) is 12.1. The van der Waals surface area contributed by atoms with Crippen LogP contribution in [0.15, 0.2) is 24.3 Å². The molecule has 0 aliphatic heterocycles. The Bertz CT molecular complexity index is 652. The van der Waals surface area contributed by atoms with Crippen molar-refractivity contribution in [3.05, 3.63) is 53.6 Å². The van der Waals surface area contributed by atoms with Crippen LogP contribution in [-0.4, -0.2) is 25.2 Å². The highest BCUT2D eigenvalue weighted by Gasteiger charge is 2.23. The number of aromatic nitrogens is 1. The van der Waals surface area contributed by atoms with E-state index in [1.165, 1.54) is 31.3 Å². The lowest BCUT2D eigenvalue weighted by Crippen LogP contribution is -2.24. The van der Waals surface area contributed by atoms with Gasteiger partial charge in [0.1, 0.15) is 17.3 Å². The summed E-state index contributed by atoms with van der Waals surface area (Å²) in [5, 5.41) is 0. The van der Waals surface area contributed by atoms with E-state index in [0.29, 0.717) is 12.2 Å². The molecule has 0 N–H and O–H groups in total. The van der Waals surface area contributed by atoms with Crippen LogP contribution in [0.2, 0.25) is 0 Å². The summed E-state index contributed by atoms with van der Waals surface area (Å²) in [6, 6.07) is 5.33. The summed E-state index contributed by atoms with van der Waals surface area (Å²) < 4.78 is 71.2. The molecule has 0 bridgehead atoms. The van der Waals surface area contributed by atoms with Crippen molar-refractivity contribution in [2.45, 2.75) is 6.42 Å². The third kappa shape index (κ3) is 4.08. The Hall–Kier alpha value is -2.38. The SMILES string of the molecule is CN(CCCOc1ccc(F)cc1)c1c(F)c(F)nc(F)c1F. The molecule has 0 radical (unpaired) electrons. The summed E-state index contributed by atoms with van der Waals surface area (Å²) in [5.74, 6) is -6.46. The molecule has 0 aliphatic carbocycles. The van der Waals surface area contributed by atoms with Crippen LogP contribution in [0.3, 0.4) is 0 Å². The number of ether oxygens (including phenoxy) is 1. The topological polar surface area (TPSA) is 25.4 Å². The summed E-state index contributed by atoms with van der Waals surface area (Å²) in [4.78, 5) is 3.53. The van der Waals surface area contributed by atoms with Crippen molar-refractivity contribution >= 4 is 5.69 Å². The smallest absolute Gasteiger partial charge is 0.253 e. The molecule has 1 aromatic heterocycles. The van der Waals surface area contributed by atoms with E-state index < -0.39 is 35.0 Å². The molecule has 23 heavy (non-hydrogen) atoms. The van der Waals surface area contributed by atoms with E-state index in [2.05, 4.69) is 4.98 Å². The molecule has 0 saturated heterocycles. The van der Waals surface area contributed by atoms with Gasteiger partial charge in [-0.15, -0.1) is 0 Å². The standard InChI is InChI=1S/C15H13F5N2O/c1-22(13-11(17)14(19)21-15(20)12(13)18)7-2-8-23-10-5-3-9(16)4-6-10/h3-6H,2,7-8H2,1H3. The van der Waals surface area contributed by atoms with Gasteiger partial charge in [0.05, 0.1) is 6.61 Å². The fourth-order valence-electron chi connectivity index (χ4n) is 1.95. The molecular weight excluding hydrogens is 319 g/mol. The highest BCUT2D eigenvalue weighted by molar-refractivity contribution is 5.47. The van der Waals surface area contributed by atoms with Crippen LogP contribution in [-0.2, 0) is 0 Å². The van der Waals surface area contributed by atoms with E-state index in [4.69, 9.17) is 4.74 Å². The molecule has 0 saturated carbocycles. The number of rotatable bonds is 6. The van der Waals surface area contributed by atoms with Crippen LogP contribution in [0.25, 0.3) is 0 Å². The Balaban J connectivity index is 1.92. The molecule has 2 aromatic rings. The largest absolute Gasteiger partial charge is 0.494 e. The Morgan fingerprint density at radius 3 is 2.09 bits per heavy atom. The molecule has 8 heteroatoms. The number of benzene rings is 1. The van der Waals surface area contributed by atoms with Crippen molar-refractivity contribution in [3.8, 4) is 5.75 Å². The van der Waals surface area contributed by atoms with Gasteiger partial charge in [-0.3, -0.25) is 0 Å². The molecule has 3 nitrogen and oxygen atoms in total. The average Bonchev–Trinajstić information content (AvgIpc) is 2.51. The number of anilines is 1. The minimum Gasteiger partial charge on any atom is -0.494 e. The zero-order chi connectivity index (χ0) is 17.0. The van der Waals surface area contributed by atoms with E-state index >= 15 is 0 Å². The van der Waals surface area contributed by atoms with Crippen molar-refractivity contribution < 1.29 is 26.7 Å². The summed E-state index contributed by atoms with van der Waals surface area (Å²) >= 11 is 0. The average molecular weight is 332 g/mol. The van der Waals surface area contributed by atoms with Gasteiger partial charge in [-0.2, -0.15) is 22.5 Å². The van der Waals surface area contributed by atoms with Crippen molar-refractivity contribution in [1.82, 2.24) is 4.98 Å². The summed E-state index contributed by atoms with van der Waals surface area (Å²) in [7, 11) is 1.29. The minimum absolute atomic E-state index is 0.0813. The minimum atomic E-state index is -1.70. The molecule has 0 spiro atoms. The summed E-state index contributed by atoms with van der Waals surface area (Å²) in [6.45, 7) is 0.257. The summed E-state index contributed by atoms with van der Waals surface area (Å²) in [6.07, 6.45) is 0.318. The van der Waals surface area contributed by atoms with Crippen LogP contribution in [0.4, 0.5) is 27.6 Å². The van der Waals surface area contributed by atoms with Gasteiger partial charge in [-0.05, 0) is 30.7 Å². The van der Waals surface area contributed by atoms with E-state index in [0.717, 1.165) is 4.90 Å². The second kappa shape index (κ2) is 7.26. The predicted molar refractivity (Wildman–Crippen MR) is 73.9 cm³/mol. The first-order valence-corrected chi connectivity index (χ1v) is 6.69. The lowest BCUT2D eigenvalue weighted by molar-refractivity contribution is 0.311. The van der Waals surface area contributed by atoms with E-state index in [9.17, 15) is 22.0 Å². The third-order valence-electron chi connectivity index (χ3n) is 3.08. The van der Waals surface area contributed by atoms with Crippen molar-refractivity contribution in [3.63, 3.8) is 0 Å². The second-order valence-electron chi connectivity index (χ2n) is 4.75. The van der Waals surface area contributed by atoms with E-state index in [-0.39, 0.29) is 13.2 Å². The number of halogens is 5. The van der Waals surface area contributed by atoms with Gasteiger partial charge in [-0.25, -0.2) is 4.39 Å². The van der Waals surface area contributed by atoms with Gasteiger partial charge >= 0.3 is 0 Å². The molecule has 0 aliphatic rings. The maximum atomic E-state index is 13.6. The molecule has 0 fully saturated rings. The van der Waals surface area contributed by atoms with Gasteiger partial charge in [0.15, 0.2) is 0 Å². The number of hydrogen-bond acceptors (Lipinski definition) is 3. The lowest BCUT2D eigenvalue weighted by Gasteiger charge is -2.20. The molecule has 0 amide bonds. The lowest BCUT2D eigenvalue weighted by atomic mass is 10.3. The monoisotopic (exact) mass is 332 g/mol. The number of pyridine rings is 1.